The van der Waals surface area contributed by atoms with Crippen LogP contribution in [0.15, 0.2) is 54.7 Å². The van der Waals surface area contributed by atoms with Crippen LogP contribution in [0.25, 0.3) is 22.0 Å². The molecule has 0 aliphatic rings. The highest BCUT2D eigenvalue weighted by Gasteiger charge is 2.07. The SMILES string of the molecule is CC(N)Cc1nccc(-c2cccc3ccccc23)n1. The molecule has 1 unspecified atom stereocenters. The van der Waals surface area contributed by atoms with Crippen molar-refractivity contribution in [2.45, 2.75) is 19.4 Å². The Hall–Kier alpha value is -2.26. The van der Waals surface area contributed by atoms with Gasteiger partial charge in [-0.05, 0) is 23.8 Å². The molecule has 100 valence electrons. The van der Waals surface area contributed by atoms with Crippen LogP contribution in [0.3, 0.4) is 0 Å². The van der Waals surface area contributed by atoms with Crippen LogP contribution < -0.4 is 5.73 Å². The van der Waals surface area contributed by atoms with E-state index in [0.29, 0.717) is 6.42 Å². The molecule has 3 heteroatoms. The zero-order chi connectivity index (χ0) is 13.9. The van der Waals surface area contributed by atoms with E-state index in [1.54, 1.807) is 0 Å². The molecule has 3 rings (SSSR count). The number of hydrogen-bond acceptors (Lipinski definition) is 3. The zero-order valence-electron chi connectivity index (χ0n) is 11.5. The highest BCUT2D eigenvalue weighted by molar-refractivity contribution is 5.95. The summed E-state index contributed by atoms with van der Waals surface area (Å²) < 4.78 is 0. The average Bonchev–Trinajstić information content (AvgIpc) is 2.46. The van der Waals surface area contributed by atoms with Crippen LogP contribution in [0.4, 0.5) is 0 Å². The van der Waals surface area contributed by atoms with Gasteiger partial charge in [-0.15, -0.1) is 0 Å². The second-order valence-corrected chi connectivity index (χ2v) is 5.07. The third kappa shape index (κ3) is 2.53. The van der Waals surface area contributed by atoms with E-state index in [9.17, 15) is 0 Å². The molecule has 0 amide bonds. The number of fused-ring (bicyclic) bond motifs is 1. The lowest BCUT2D eigenvalue weighted by Crippen LogP contribution is -2.19. The molecule has 0 spiro atoms. The Labute approximate surface area is 118 Å². The number of nitrogens with zero attached hydrogens (tertiary/aromatic N) is 2. The number of nitrogens with two attached hydrogens (primary N) is 1. The minimum atomic E-state index is 0.0674. The molecule has 0 aliphatic heterocycles. The van der Waals surface area contributed by atoms with Gasteiger partial charge in [0.05, 0.1) is 5.69 Å². The molecular weight excluding hydrogens is 246 g/mol. The van der Waals surface area contributed by atoms with Gasteiger partial charge in [-0.2, -0.15) is 0 Å². The lowest BCUT2D eigenvalue weighted by molar-refractivity contribution is 0.702. The first-order chi connectivity index (χ1) is 9.74. The summed E-state index contributed by atoms with van der Waals surface area (Å²) >= 11 is 0. The molecular formula is C17H17N3. The second-order valence-electron chi connectivity index (χ2n) is 5.07. The van der Waals surface area contributed by atoms with Crippen molar-refractivity contribution in [3.8, 4) is 11.3 Å². The molecule has 1 atom stereocenters. The Kier molecular flexibility index (Phi) is 3.44. The van der Waals surface area contributed by atoms with Gasteiger partial charge < -0.3 is 5.73 Å². The summed E-state index contributed by atoms with van der Waals surface area (Å²) in [5.41, 5.74) is 7.91. The van der Waals surface area contributed by atoms with Crippen LogP contribution in [0.5, 0.6) is 0 Å². The fourth-order valence-electron chi connectivity index (χ4n) is 2.38. The van der Waals surface area contributed by atoms with Crippen LogP contribution in [-0.2, 0) is 6.42 Å². The highest BCUT2D eigenvalue weighted by Crippen LogP contribution is 2.26. The maximum Gasteiger partial charge on any atom is 0.130 e. The smallest absolute Gasteiger partial charge is 0.130 e. The first kappa shape index (κ1) is 12.8. The number of benzene rings is 2. The van der Waals surface area contributed by atoms with Gasteiger partial charge in [0.1, 0.15) is 5.82 Å². The van der Waals surface area contributed by atoms with E-state index in [1.165, 1.54) is 10.8 Å². The molecule has 0 saturated heterocycles. The summed E-state index contributed by atoms with van der Waals surface area (Å²) in [6.45, 7) is 1.97. The minimum Gasteiger partial charge on any atom is -0.328 e. The summed E-state index contributed by atoms with van der Waals surface area (Å²) in [4.78, 5) is 8.94. The largest absolute Gasteiger partial charge is 0.328 e. The topological polar surface area (TPSA) is 51.8 Å². The summed E-state index contributed by atoms with van der Waals surface area (Å²) in [6.07, 6.45) is 2.50. The Morgan fingerprint density at radius 3 is 2.70 bits per heavy atom. The molecule has 2 aromatic carbocycles. The van der Waals surface area contributed by atoms with Crippen molar-refractivity contribution in [2.75, 3.05) is 0 Å². The van der Waals surface area contributed by atoms with E-state index in [0.717, 1.165) is 17.1 Å². The van der Waals surface area contributed by atoms with Crippen LogP contribution >= 0.6 is 0 Å². The van der Waals surface area contributed by atoms with Gasteiger partial charge in [0.2, 0.25) is 0 Å². The van der Waals surface area contributed by atoms with E-state index in [1.807, 2.05) is 25.3 Å². The van der Waals surface area contributed by atoms with Crippen LogP contribution in [0.2, 0.25) is 0 Å². The third-order valence-corrected chi connectivity index (χ3v) is 3.28. The summed E-state index contributed by atoms with van der Waals surface area (Å²) in [5.74, 6) is 0.797. The molecule has 1 aromatic heterocycles. The maximum atomic E-state index is 5.82. The lowest BCUT2D eigenvalue weighted by Gasteiger charge is -2.08. The van der Waals surface area contributed by atoms with Gasteiger partial charge in [0.25, 0.3) is 0 Å². The molecule has 1 heterocycles. The fourth-order valence-corrected chi connectivity index (χ4v) is 2.38. The van der Waals surface area contributed by atoms with Crippen molar-refractivity contribution in [3.05, 3.63) is 60.6 Å². The van der Waals surface area contributed by atoms with E-state index in [4.69, 9.17) is 5.73 Å². The van der Waals surface area contributed by atoms with Gasteiger partial charge in [-0.1, -0.05) is 42.5 Å². The molecule has 3 aromatic rings. The first-order valence-corrected chi connectivity index (χ1v) is 6.79. The maximum absolute atomic E-state index is 5.82. The minimum absolute atomic E-state index is 0.0674. The zero-order valence-corrected chi connectivity index (χ0v) is 11.5. The normalized spacial score (nSPS) is 12.5. The molecule has 2 N–H and O–H groups in total. The van der Waals surface area contributed by atoms with Crippen LogP contribution in [0, 0.1) is 0 Å². The third-order valence-electron chi connectivity index (χ3n) is 3.28. The molecule has 20 heavy (non-hydrogen) atoms. The number of rotatable bonds is 3. The van der Waals surface area contributed by atoms with E-state index in [2.05, 4.69) is 46.4 Å². The number of aromatic nitrogens is 2. The highest BCUT2D eigenvalue weighted by atomic mass is 14.9. The van der Waals surface area contributed by atoms with Gasteiger partial charge in [0.15, 0.2) is 0 Å². The fraction of sp³-hybridized carbons (Fsp3) is 0.176. The van der Waals surface area contributed by atoms with Gasteiger partial charge in [0, 0.05) is 24.2 Å². The van der Waals surface area contributed by atoms with Crippen molar-refractivity contribution in [3.63, 3.8) is 0 Å². The summed E-state index contributed by atoms with van der Waals surface area (Å²) in [7, 11) is 0. The Bertz CT molecular complexity index is 730. The van der Waals surface area contributed by atoms with Crippen molar-refractivity contribution < 1.29 is 0 Å². The monoisotopic (exact) mass is 263 g/mol. The van der Waals surface area contributed by atoms with E-state index >= 15 is 0 Å². The molecule has 3 nitrogen and oxygen atoms in total. The van der Waals surface area contributed by atoms with E-state index < -0.39 is 0 Å². The quantitative estimate of drug-likeness (QED) is 0.789. The average molecular weight is 263 g/mol. The molecule has 0 fully saturated rings. The standard InChI is InChI=1S/C17H17N3/c1-12(18)11-17-19-10-9-16(20-17)15-8-4-6-13-5-2-3-7-14(13)15/h2-10,12H,11,18H2,1H3. The Morgan fingerprint density at radius 2 is 1.85 bits per heavy atom. The van der Waals surface area contributed by atoms with Crippen molar-refractivity contribution in [1.29, 1.82) is 0 Å². The van der Waals surface area contributed by atoms with Gasteiger partial charge in [-0.25, -0.2) is 9.97 Å². The molecule has 0 saturated carbocycles. The van der Waals surface area contributed by atoms with Gasteiger partial charge in [-0.3, -0.25) is 0 Å². The molecule has 0 aliphatic carbocycles. The second kappa shape index (κ2) is 5.39. The van der Waals surface area contributed by atoms with Crippen LogP contribution in [0.1, 0.15) is 12.7 Å². The van der Waals surface area contributed by atoms with Gasteiger partial charge >= 0.3 is 0 Å². The molecule has 0 bridgehead atoms. The first-order valence-electron chi connectivity index (χ1n) is 6.79. The predicted octanol–water partition coefficient (Wildman–Crippen LogP) is 3.19. The van der Waals surface area contributed by atoms with Crippen LogP contribution in [-0.4, -0.2) is 16.0 Å². The van der Waals surface area contributed by atoms with E-state index in [-0.39, 0.29) is 6.04 Å². The summed E-state index contributed by atoms with van der Waals surface area (Å²) in [5, 5.41) is 2.43. The Morgan fingerprint density at radius 1 is 1.05 bits per heavy atom. The van der Waals surface area contributed by atoms with Crippen molar-refractivity contribution in [1.82, 2.24) is 9.97 Å². The van der Waals surface area contributed by atoms with Crippen molar-refractivity contribution >= 4 is 10.8 Å². The summed E-state index contributed by atoms with van der Waals surface area (Å²) in [6, 6.07) is 16.6. The lowest BCUT2D eigenvalue weighted by atomic mass is 10.0. The van der Waals surface area contributed by atoms with Crippen molar-refractivity contribution in [2.24, 2.45) is 5.73 Å². The molecule has 0 radical (unpaired) electrons. The number of hydrogen-bond donors (Lipinski definition) is 1. The predicted molar refractivity (Wildman–Crippen MR) is 82.3 cm³/mol. The Balaban J connectivity index is 2.11.